The number of aromatic nitrogens is 5. The SMILES string of the molecule is CNC(=O)c1nnc(NC(=O)C2CC2)cc1Nc1nc2ccc(N3CC(C)(C)C3)cn2n1. The molecule has 0 bridgehead atoms. The largest absolute Gasteiger partial charge is 0.369 e. The summed E-state index contributed by atoms with van der Waals surface area (Å²) in [7, 11) is 1.51. The van der Waals surface area contributed by atoms with Crippen molar-refractivity contribution in [3.8, 4) is 0 Å². The van der Waals surface area contributed by atoms with Crippen molar-refractivity contribution < 1.29 is 9.59 Å². The molecule has 32 heavy (non-hydrogen) atoms. The van der Waals surface area contributed by atoms with Crippen LogP contribution in [0.1, 0.15) is 37.2 Å². The number of amides is 2. The number of carbonyl (C=O) groups excluding carboxylic acids is 2. The molecule has 1 saturated carbocycles. The predicted molar refractivity (Wildman–Crippen MR) is 119 cm³/mol. The standard InChI is InChI=1S/C21H25N9O2/c1-21(2)10-29(11-21)13-6-7-16-25-20(28-30(16)9-13)23-14-8-15(24-18(31)12-4-5-12)26-27-17(14)19(32)22-3/h6-9,12H,4-5,10-11H2,1-3H3,(H,22,32)(H2,23,24,26,28,31). The molecular formula is C21H25N9O2. The minimum absolute atomic E-state index is 0.0260. The fourth-order valence-corrected chi connectivity index (χ4v) is 3.81. The molecule has 0 unspecified atom stereocenters. The zero-order valence-corrected chi connectivity index (χ0v) is 18.2. The predicted octanol–water partition coefficient (Wildman–Crippen LogP) is 1.82. The van der Waals surface area contributed by atoms with Gasteiger partial charge in [-0.2, -0.15) is 4.98 Å². The van der Waals surface area contributed by atoms with Crippen LogP contribution in [0.5, 0.6) is 0 Å². The lowest BCUT2D eigenvalue weighted by atomic mass is 9.84. The highest BCUT2D eigenvalue weighted by molar-refractivity contribution is 5.99. The normalized spacial score (nSPS) is 17.0. The third kappa shape index (κ3) is 3.93. The molecule has 2 amide bonds. The van der Waals surface area contributed by atoms with E-state index in [4.69, 9.17) is 0 Å². The van der Waals surface area contributed by atoms with Gasteiger partial charge >= 0.3 is 0 Å². The Morgan fingerprint density at radius 3 is 2.62 bits per heavy atom. The van der Waals surface area contributed by atoms with Crippen LogP contribution in [0.3, 0.4) is 0 Å². The summed E-state index contributed by atoms with van der Waals surface area (Å²) in [6, 6.07) is 5.50. The molecule has 11 nitrogen and oxygen atoms in total. The van der Waals surface area contributed by atoms with E-state index in [0.717, 1.165) is 31.6 Å². The summed E-state index contributed by atoms with van der Waals surface area (Å²) >= 11 is 0. The topological polar surface area (TPSA) is 129 Å². The molecule has 11 heteroatoms. The van der Waals surface area contributed by atoms with E-state index >= 15 is 0 Å². The maximum Gasteiger partial charge on any atom is 0.273 e. The first-order valence-corrected chi connectivity index (χ1v) is 10.6. The first-order valence-electron chi connectivity index (χ1n) is 10.6. The lowest BCUT2D eigenvalue weighted by Crippen LogP contribution is -2.53. The average Bonchev–Trinajstić information content (AvgIpc) is 3.52. The molecule has 1 saturated heterocycles. The monoisotopic (exact) mass is 435 g/mol. The van der Waals surface area contributed by atoms with Gasteiger partial charge in [-0.1, -0.05) is 13.8 Å². The van der Waals surface area contributed by atoms with Gasteiger partial charge in [-0.3, -0.25) is 9.59 Å². The van der Waals surface area contributed by atoms with Crippen LogP contribution in [0.15, 0.2) is 24.4 Å². The van der Waals surface area contributed by atoms with E-state index in [-0.39, 0.29) is 23.3 Å². The molecule has 5 rings (SSSR count). The van der Waals surface area contributed by atoms with Crippen molar-refractivity contribution in [2.24, 2.45) is 11.3 Å². The first kappa shape index (κ1) is 20.2. The van der Waals surface area contributed by atoms with Crippen LogP contribution in [0.25, 0.3) is 5.65 Å². The molecule has 3 aromatic heterocycles. The molecule has 0 radical (unpaired) electrons. The van der Waals surface area contributed by atoms with Gasteiger partial charge in [0.15, 0.2) is 17.2 Å². The molecule has 0 atom stereocenters. The third-order valence-electron chi connectivity index (χ3n) is 5.60. The van der Waals surface area contributed by atoms with Gasteiger partial charge in [0.1, 0.15) is 0 Å². The number of carbonyl (C=O) groups is 2. The van der Waals surface area contributed by atoms with Crippen LogP contribution in [0.4, 0.5) is 23.1 Å². The second kappa shape index (κ2) is 7.43. The zero-order valence-electron chi connectivity index (χ0n) is 18.2. The summed E-state index contributed by atoms with van der Waals surface area (Å²) in [6.45, 7) is 6.47. The quantitative estimate of drug-likeness (QED) is 0.535. The maximum absolute atomic E-state index is 12.3. The second-order valence-electron chi connectivity index (χ2n) is 9.11. The van der Waals surface area contributed by atoms with Crippen molar-refractivity contribution in [1.29, 1.82) is 0 Å². The summed E-state index contributed by atoms with van der Waals surface area (Å²) in [5, 5.41) is 20.8. The van der Waals surface area contributed by atoms with Gasteiger partial charge in [-0.05, 0) is 30.4 Å². The molecular weight excluding hydrogens is 410 g/mol. The number of fused-ring (bicyclic) bond motifs is 1. The Morgan fingerprint density at radius 1 is 1.16 bits per heavy atom. The van der Waals surface area contributed by atoms with Gasteiger partial charge in [0, 0.05) is 32.1 Å². The smallest absolute Gasteiger partial charge is 0.273 e. The summed E-state index contributed by atoms with van der Waals surface area (Å²) in [5.41, 5.74) is 2.50. The minimum Gasteiger partial charge on any atom is -0.369 e. The highest BCUT2D eigenvalue weighted by atomic mass is 16.2. The van der Waals surface area contributed by atoms with Crippen molar-refractivity contribution in [2.75, 3.05) is 35.7 Å². The second-order valence-corrected chi connectivity index (χ2v) is 9.11. The molecule has 3 aromatic rings. The van der Waals surface area contributed by atoms with E-state index in [0.29, 0.717) is 22.7 Å². The van der Waals surface area contributed by atoms with Crippen LogP contribution in [0, 0.1) is 11.3 Å². The lowest BCUT2D eigenvalue weighted by molar-refractivity contribution is -0.117. The molecule has 166 valence electrons. The van der Waals surface area contributed by atoms with Gasteiger partial charge in [-0.25, -0.2) is 4.52 Å². The van der Waals surface area contributed by atoms with Crippen LogP contribution >= 0.6 is 0 Å². The minimum atomic E-state index is -0.411. The Morgan fingerprint density at radius 2 is 1.94 bits per heavy atom. The highest BCUT2D eigenvalue weighted by Gasteiger charge is 2.34. The number of pyridine rings is 1. The van der Waals surface area contributed by atoms with Crippen LogP contribution in [-0.2, 0) is 4.79 Å². The van der Waals surface area contributed by atoms with Gasteiger partial charge < -0.3 is 20.9 Å². The van der Waals surface area contributed by atoms with E-state index in [1.807, 2.05) is 18.3 Å². The van der Waals surface area contributed by atoms with Crippen molar-refractivity contribution >= 4 is 40.6 Å². The van der Waals surface area contributed by atoms with Crippen LogP contribution in [-0.4, -0.2) is 56.7 Å². The average molecular weight is 435 g/mol. The summed E-state index contributed by atoms with van der Waals surface area (Å²) in [5.74, 6) is 0.0994. The Kier molecular flexibility index (Phi) is 4.68. The number of rotatable bonds is 6. The molecule has 3 N–H and O–H groups in total. The molecule has 0 aromatic carbocycles. The van der Waals surface area contributed by atoms with Crippen molar-refractivity contribution in [3.05, 3.63) is 30.1 Å². The Balaban J connectivity index is 1.41. The molecule has 2 fully saturated rings. The first-order chi connectivity index (χ1) is 15.3. The Bertz CT molecular complexity index is 1210. The number of hydrogen-bond acceptors (Lipinski definition) is 8. The van der Waals surface area contributed by atoms with Crippen molar-refractivity contribution in [1.82, 2.24) is 30.1 Å². The number of anilines is 4. The summed E-state index contributed by atoms with van der Waals surface area (Å²) < 4.78 is 1.70. The van der Waals surface area contributed by atoms with Gasteiger partial charge in [0.25, 0.3) is 5.91 Å². The van der Waals surface area contributed by atoms with E-state index in [1.54, 1.807) is 10.6 Å². The zero-order chi connectivity index (χ0) is 22.5. The van der Waals surface area contributed by atoms with Gasteiger partial charge in [0.2, 0.25) is 11.9 Å². The van der Waals surface area contributed by atoms with Crippen LogP contribution < -0.4 is 20.9 Å². The number of nitrogens with zero attached hydrogens (tertiary/aromatic N) is 6. The molecule has 0 spiro atoms. The van der Waals surface area contributed by atoms with Crippen LogP contribution in [0.2, 0.25) is 0 Å². The van der Waals surface area contributed by atoms with Crippen molar-refractivity contribution in [3.63, 3.8) is 0 Å². The van der Waals surface area contributed by atoms with E-state index in [1.165, 1.54) is 7.05 Å². The van der Waals surface area contributed by atoms with Gasteiger partial charge in [-0.15, -0.1) is 15.3 Å². The Hall–Kier alpha value is -3.76. The highest BCUT2D eigenvalue weighted by Crippen LogP contribution is 2.33. The third-order valence-corrected chi connectivity index (χ3v) is 5.60. The van der Waals surface area contributed by atoms with Crippen molar-refractivity contribution in [2.45, 2.75) is 26.7 Å². The maximum atomic E-state index is 12.3. The fraction of sp³-hybridized carbons (Fsp3) is 0.429. The number of nitrogens with one attached hydrogen (secondary N) is 3. The molecule has 2 aliphatic rings. The van der Waals surface area contributed by atoms with E-state index in [9.17, 15) is 9.59 Å². The molecule has 4 heterocycles. The molecule has 1 aliphatic carbocycles. The number of hydrogen-bond donors (Lipinski definition) is 3. The van der Waals surface area contributed by atoms with E-state index in [2.05, 4.69) is 55.0 Å². The summed E-state index contributed by atoms with van der Waals surface area (Å²) in [6.07, 6.45) is 3.69. The molecule has 1 aliphatic heterocycles. The van der Waals surface area contributed by atoms with Gasteiger partial charge in [0.05, 0.1) is 17.6 Å². The lowest BCUT2D eigenvalue weighted by Gasteiger charge is -2.47. The Labute approximate surface area is 184 Å². The van der Waals surface area contributed by atoms with E-state index < -0.39 is 5.91 Å². The fourth-order valence-electron chi connectivity index (χ4n) is 3.81. The summed E-state index contributed by atoms with van der Waals surface area (Å²) in [4.78, 5) is 31.1.